The van der Waals surface area contributed by atoms with Gasteiger partial charge in [-0.25, -0.2) is 9.97 Å². The number of hydrogen-bond acceptors (Lipinski definition) is 7. The van der Waals surface area contributed by atoms with E-state index in [0.717, 1.165) is 0 Å². The average molecular weight is 339 g/mol. The van der Waals surface area contributed by atoms with E-state index in [1.54, 1.807) is 43.5 Å². The van der Waals surface area contributed by atoms with Crippen molar-refractivity contribution in [1.29, 1.82) is 0 Å². The minimum atomic E-state index is -0.695. The number of nitrogens with zero attached hydrogens (tertiary/aromatic N) is 2. The van der Waals surface area contributed by atoms with Gasteiger partial charge in [0.15, 0.2) is 23.0 Å². The van der Waals surface area contributed by atoms with Gasteiger partial charge in [0.25, 0.3) is 5.91 Å². The molecule has 0 spiro atoms. The van der Waals surface area contributed by atoms with Gasteiger partial charge in [-0.3, -0.25) is 4.79 Å². The van der Waals surface area contributed by atoms with Crippen molar-refractivity contribution in [3.8, 4) is 11.5 Å². The van der Waals surface area contributed by atoms with Gasteiger partial charge in [-0.15, -0.1) is 0 Å². The first-order valence-electron chi connectivity index (χ1n) is 7.38. The Labute approximate surface area is 143 Å². The molecule has 3 aromatic rings. The van der Waals surface area contributed by atoms with E-state index in [1.165, 1.54) is 7.11 Å². The number of primary amides is 1. The maximum absolute atomic E-state index is 11.8. The summed E-state index contributed by atoms with van der Waals surface area (Å²) in [6.07, 6.45) is 0. The van der Waals surface area contributed by atoms with Crippen LogP contribution in [0.3, 0.4) is 0 Å². The van der Waals surface area contributed by atoms with E-state index < -0.39 is 5.91 Å². The molecular formula is C17H17N5O3. The van der Waals surface area contributed by atoms with Gasteiger partial charge in [0, 0.05) is 17.4 Å². The Kier molecular flexibility index (Phi) is 4.25. The quantitative estimate of drug-likeness (QED) is 0.607. The minimum Gasteiger partial charge on any atom is -0.493 e. The van der Waals surface area contributed by atoms with Gasteiger partial charge < -0.3 is 26.3 Å². The minimum absolute atomic E-state index is 0.0212. The van der Waals surface area contributed by atoms with E-state index >= 15 is 0 Å². The van der Waals surface area contributed by atoms with Crippen molar-refractivity contribution in [2.45, 2.75) is 0 Å². The molecule has 5 N–H and O–H groups in total. The molecule has 0 aliphatic carbocycles. The third-order valence-electron chi connectivity index (χ3n) is 3.57. The Morgan fingerprint density at radius 1 is 1.00 bits per heavy atom. The number of nitrogens with two attached hydrogens (primary N) is 2. The average Bonchev–Trinajstić information content (AvgIpc) is 2.61. The molecule has 1 heterocycles. The summed E-state index contributed by atoms with van der Waals surface area (Å²) in [4.78, 5) is 20.5. The number of aromatic nitrogens is 2. The molecule has 128 valence electrons. The highest BCUT2D eigenvalue weighted by molar-refractivity contribution is 5.98. The number of nitrogen functional groups attached to an aromatic ring is 1. The number of carbonyl (C=O) groups is 1. The van der Waals surface area contributed by atoms with Crippen molar-refractivity contribution in [3.63, 3.8) is 0 Å². The summed E-state index contributed by atoms with van der Waals surface area (Å²) in [6.45, 7) is 0. The van der Waals surface area contributed by atoms with Crippen LogP contribution in [0.1, 0.15) is 10.5 Å². The lowest BCUT2D eigenvalue weighted by Crippen LogP contribution is -2.16. The summed E-state index contributed by atoms with van der Waals surface area (Å²) in [6, 6.07) is 10.3. The molecule has 0 atom stereocenters. The lowest BCUT2D eigenvalue weighted by atomic mass is 10.2. The maximum Gasteiger partial charge on any atom is 0.271 e. The largest absolute Gasteiger partial charge is 0.493 e. The lowest BCUT2D eigenvalue weighted by Gasteiger charge is -2.13. The number of benzene rings is 2. The van der Waals surface area contributed by atoms with E-state index in [-0.39, 0.29) is 11.5 Å². The first-order chi connectivity index (χ1) is 12.0. The van der Waals surface area contributed by atoms with Crippen molar-refractivity contribution >= 4 is 34.1 Å². The number of rotatable bonds is 5. The zero-order chi connectivity index (χ0) is 18.0. The molecule has 0 unspecified atom stereocenters. The molecule has 2 aromatic carbocycles. The van der Waals surface area contributed by atoms with Gasteiger partial charge in [-0.05, 0) is 30.3 Å². The SMILES string of the molecule is COc1ccc(Nc2nc3ccc(N)cc3nc2C(N)=O)cc1OC. The van der Waals surface area contributed by atoms with Crippen LogP contribution in [-0.2, 0) is 0 Å². The predicted molar refractivity (Wildman–Crippen MR) is 95.3 cm³/mol. The third-order valence-corrected chi connectivity index (χ3v) is 3.57. The molecule has 0 saturated carbocycles. The molecule has 0 saturated heterocycles. The van der Waals surface area contributed by atoms with Crippen LogP contribution in [-0.4, -0.2) is 30.1 Å². The third kappa shape index (κ3) is 3.23. The number of anilines is 3. The number of hydrogen-bond donors (Lipinski definition) is 3. The fourth-order valence-electron chi connectivity index (χ4n) is 2.38. The summed E-state index contributed by atoms with van der Waals surface area (Å²) in [7, 11) is 3.09. The van der Waals surface area contributed by atoms with Crippen molar-refractivity contribution in [3.05, 3.63) is 42.1 Å². The summed E-state index contributed by atoms with van der Waals surface area (Å²) in [5.74, 6) is 0.676. The number of carbonyl (C=O) groups excluding carboxylic acids is 1. The molecular weight excluding hydrogens is 322 g/mol. The van der Waals surface area contributed by atoms with Gasteiger partial charge in [0.2, 0.25) is 0 Å². The maximum atomic E-state index is 11.8. The molecule has 1 aromatic heterocycles. The molecule has 25 heavy (non-hydrogen) atoms. The zero-order valence-electron chi connectivity index (χ0n) is 13.7. The van der Waals surface area contributed by atoms with Crippen LogP contribution in [0, 0.1) is 0 Å². The number of fused-ring (bicyclic) bond motifs is 1. The molecule has 0 radical (unpaired) electrons. The van der Waals surface area contributed by atoms with Crippen molar-refractivity contribution in [2.24, 2.45) is 5.73 Å². The van der Waals surface area contributed by atoms with Gasteiger partial charge >= 0.3 is 0 Å². The second kappa shape index (κ2) is 6.52. The fraction of sp³-hybridized carbons (Fsp3) is 0.118. The highest BCUT2D eigenvalue weighted by Gasteiger charge is 2.15. The van der Waals surface area contributed by atoms with Crippen LogP contribution in [0.25, 0.3) is 11.0 Å². The van der Waals surface area contributed by atoms with Crippen LogP contribution in [0.15, 0.2) is 36.4 Å². The normalized spacial score (nSPS) is 10.5. The molecule has 1 amide bonds. The second-order valence-electron chi connectivity index (χ2n) is 5.23. The van der Waals surface area contributed by atoms with E-state index in [0.29, 0.717) is 33.9 Å². The number of amides is 1. The first-order valence-corrected chi connectivity index (χ1v) is 7.38. The van der Waals surface area contributed by atoms with Crippen molar-refractivity contribution < 1.29 is 14.3 Å². The Bertz CT molecular complexity index is 958. The van der Waals surface area contributed by atoms with Gasteiger partial charge in [-0.1, -0.05) is 0 Å². The Morgan fingerprint density at radius 3 is 2.44 bits per heavy atom. The summed E-state index contributed by atoms with van der Waals surface area (Å²) >= 11 is 0. The number of methoxy groups -OCH3 is 2. The van der Waals surface area contributed by atoms with Gasteiger partial charge in [0.05, 0.1) is 25.3 Å². The summed E-state index contributed by atoms with van der Waals surface area (Å²) in [5.41, 5.74) is 13.5. The predicted octanol–water partition coefficient (Wildman–Crippen LogP) is 2.07. The van der Waals surface area contributed by atoms with Crippen LogP contribution in [0.4, 0.5) is 17.2 Å². The van der Waals surface area contributed by atoms with Crippen molar-refractivity contribution in [1.82, 2.24) is 9.97 Å². The Hall–Kier alpha value is -3.55. The second-order valence-corrected chi connectivity index (χ2v) is 5.23. The van der Waals surface area contributed by atoms with E-state index in [9.17, 15) is 4.79 Å². The van der Waals surface area contributed by atoms with Gasteiger partial charge in [0.1, 0.15) is 0 Å². The smallest absolute Gasteiger partial charge is 0.271 e. The van der Waals surface area contributed by atoms with Gasteiger partial charge in [-0.2, -0.15) is 0 Å². The molecule has 0 aliphatic heterocycles. The lowest BCUT2D eigenvalue weighted by molar-refractivity contribution is 0.0996. The Morgan fingerprint density at radius 2 is 1.76 bits per heavy atom. The topological polar surface area (TPSA) is 125 Å². The number of nitrogens with one attached hydrogen (secondary N) is 1. The zero-order valence-corrected chi connectivity index (χ0v) is 13.7. The van der Waals surface area contributed by atoms with E-state index in [2.05, 4.69) is 15.3 Å². The monoisotopic (exact) mass is 339 g/mol. The van der Waals surface area contributed by atoms with Crippen LogP contribution in [0.2, 0.25) is 0 Å². The summed E-state index contributed by atoms with van der Waals surface area (Å²) < 4.78 is 10.5. The van der Waals surface area contributed by atoms with E-state index in [4.69, 9.17) is 20.9 Å². The molecule has 0 bridgehead atoms. The highest BCUT2D eigenvalue weighted by atomic mass is 16.5. The molecule has 0 fully saturated rings. The van der Waals surface area contributed by atoms with Crippen LogP contribution >= 0.6 is 0 Å². The Balaban J connectivity index is 2.07. The van der Waals surface area contributed by atoms with Crippen molar-refractivity contribution in [2.75, 3.05) is 25.3 Å². The molecule has 8 heteroatoms. The standard InChI is InChI=1S/C17H17N5O3/c1-24-13-6-4-10(8-14(13)25-2)20-17-15(16(19)23)21-12-7-9(18)3-5-11(12)22-17/h3-8H,18H2,1-2H3,(H2,19,23)(H,20,22). The molecule has 0 aliphatic rings. The molecule has 3 rings (SSSR count). The van der Waals surface area contributed by atoms with E-state index in [1.807, 2.05) is 0 Å². The van der Waals surface area contributed by atoms with Crippen LogP contribution in [0.5, 0.6) is 11.5 Å². The first kappa shape index (κ1) is 16.3. The highest BCUT2D eigenvalue weighted by Crippen LogP contribution is 2.31. The number of ether oxygens (including phenoxy) is 2. The fourth-order valence-corrected chi connectivity index (χ4v) is 2.38. The molecule has 8 nitrogen and oxygen atoms in total. The van der Waals surface area contributed by atoms with Crippen LogP contribution < -0.4 is 26.3 Å². The summed E-state index contributed by atoms with van der Waals surface area (Å²) in [5, 5.41) is 3.05.